The molecule has 1 N–H and O–H groups in total. The predicted molar refractivity (Wildman–Crippen MR) is 71.7 cm³/mol. The van der Waals surface area contributed by atoms with Crippen LogP contribution in [0.25, 0.3) is 0 Å². The maximum atomic E-state index is 8.91. The van der Waals surface area contributed by atoms with E-state index in [-0.39, 0.29) is 6.61 Å². The number of nitrogens with zero attached hydrogens (tertiary/aromatic N) is 1. The molecule has 0 unspecified atom stereocenters. The molecule has 16 heavy (non-hydrogen) atoms. The second kappa shape index (κ2) is 5.82. The number of thioether (sulfide) groups is 1. The maximum absolute atomic E-state index is 8.91. The molecule has 1 aromatic heterocycles. The molecule has 0 amide bonds. The van der Waals surface area contributed by atoms with E-state index in [9.17, 15) is 0 Å². The van der Waals surface area contributed by atoms with E-state index in [2.05, 4.69) is 27.0 Å². The van der Waals surface area contributed by atoms with Crippen LogP contribution < -0.4 is 0 Å². The van der Waals surface area contributed by atoms with Gasteiger partial charge in [0.1, 0.15) is 5.01 Å². The van der Waals surface area contributed by atoms with E-state index in [0.29, 0.717) is 0 Å². The number of hydrogen-bond acceptors (Lipinski definition) is 4. The van der Waals surface area contributed by atoms with E-state index >= 15 is 0 Å². The molecule has 0 aliphatic rings. The lowest BCUT2D eigenvalue weighted by molar-refractivity contribution is 0.277. The average Bonchev–Trinajstić information content (AvgIpc) is 2.76. The van der Waals surface area contributed by atoms with Gasteiger partial charge in [-0.15, -0.1) is 23.1 Å². The second-order valence-corrected chi connectivity index (χ2v) is 5.92. The molecule has 84 valence electrons. The van der Waals surface area contributed by atoms with Crippen molar-refractivity contribution in [1.29, 1.82) is 0 Å². The highest BCUT2D eigenvalue weighted by molar-refractivity contribution is 9.10. The number of aliphatic hydroxyl groups is 1. The van der Waals surface area contributed by atoms with Crippen LogP contribution in [-0.2, 0) is 12.4 Å². The predicted octanol–water partition coefficient (Wildman–Crippen LogP) is 3.69. The molecule has 5 heteroatoms. The first-order valence-corrected chi connectivity index (χ1v) is 7.37. The summed E-state index contributed by atoms with van der Waals surface area (Å²) in [7, 11) is 0. The van der Waals surface area contributed by atoms with Crippen molar-refractivity contribution in [2.24, 2.45) is 0 Å². The molecule has 2 aromatic rings. The van der Waals surface area contributed by atoms with Crippen molar-refractivity contribution in [1.82, 2.24) is 4.98 Å². The molecule has 0 aliphatic heterocycles. The summed E-state index contributed by atoms with van der Waals surface area (Å²) in [5, 5.41) is 11.9. The lowest BCUT2D eigenvalue weighted by Gasteiger charge is -2.01. The third kappa shape index (κ3) is 3.07. The summed E-state index contributed by atoms with van der Waals surface area (Å²) < 4.78 is 1.11. The summed E-state index contributed by atoms with van der Waals surface area (Å²) in [6.07, 6.45) is 0. The van der Waals surface area contributed by atoms with Gasteiger partial charge >= 0.3 is 0 Å². The zero-order chi connectivity index (χ0) is 11.4. The summed E-state index contributed by atoms with van der Waals surface area (Å²) in [5.74, 6) is 0.841. The number of aromatic nitrogens is 1. The van der Waals surface area contributed by atoms with Gasteiger partial charge < -0.3 is 5.11 Å². The van der Waals surface area contributed by atoms with Crippen LogP contribution in [-0.4, -0.2) is 10.1 Å². The molecule has 2 nitrogen and oxygen atoms in total. The fraction of sp³-hybridized carbons (Fsp3) is 0.182. The summed E-state index contributed by atoms with van der Waals surface area (Å²) in [5.41, 5.74) is 0.757. The highest BCUT2D eigenvalue weighted by Crippen LogP contribution is 2.30. The first-order chi connectivity index (χ1) is 7.79. The van der Waals surface area contributed by atoms with Crippen LogP contribution in [0.5, 0.6) is 0 Å². The zero-order valence-corrected chi connectivity index (χ0v) is 11.6. The Bertz CT molecular complexity index is 473. The van der Waals surface area contributed by atoms with E-state index in [0.717, 1.165) is 20.9 Å². The number of rotatable bonds is 4. The quantitative estimate of drug-likeness (QED) is 0.873. The van der Waals surface area contributed by atoms with E-state index in [1.54, 1.807) is 23.1 Å². The summed E-state index contributed by atoms with van der Waals surface area (Å²) in [6, 6.07) is 8.13. The normalized spacial score (nSPS) is 10.6. The monoisotopic (exact) mass is 315 g/mol. The van der Waals surface area contributed by atoms with Crippen LogP contribution in [0.2, 0.25) is 0 Å². The Morgan fingerprint density at radius 2 is 2.19 bits per heavy atom. The van der Waals surface area contributed by atoms with Gasteiger partial charge in [0.05, 0.1) is 18.1 Å². The largest absolute Gasteiger partial charge is 0.390 e. The molecule has 0 saturated heterocycles. The topological polar surface area (TPSA) is 33.1 Å². The van der Waals surface area contributed by atoms with Crippen molar-refractivity contribution in [3.05, 3.63) is 44.8 Å². The molecule has 0 fully saturated rings. The SMILES string of the molecule is OCc1csc(CSc2ccccc2Br)n1. The average molecular weight is 316 g/mol. The van der Waals surface area contributed by atoms with Crippen molar-refractivity contribution in [3.63, 3.8) is 0 Å². The first kappa shape index (κ1) is 12.1. The van der Waals surface area contributed by atoms with E-state index in [4.69, 9.17) is 5.11 Å². The summed E-state index contributed by atoms with van der Waals surface area (Å²) in [4.78, 5) is 5.52. The summed E-state index contributed by atoms with van der Waals surface area (Å²) >= 11 is 6.85. The molecule has 1 aromatic carbocycles. The maximum Gasteiger partial charge on any atom is 0.103 e. The fourth-order valence-corrected chi connectivity index (χ4v) is 3.56. The van der Waals surface area contributed by atoms with Gasteiger partial charge in [0.15, 0.2) is 0 Å². The van der Waals surface area contributed by atoms with Crippen molar-refractivity contribution >= 4 is 39.0 Å². The van der Waals surface area contributed by atoms with Crippen LogP contribution in [0.15, 0.2) is 39.0 Å². The third-order valence-corrected chi connectivity index (χ3v) is 5.07. The highest BCUT2D eigenvalue weighted by Gasteiger charge is 2.04. The Hall–Kier alpha value is -0.360. The van der Waals surface area contributed by atoms with Gasteiger partial charge in [-0.1, -0.05) is 12.1 Å². The molecule has 0 spiro atoms. The van der Waals surface area contributed by atoms with Gasteiger partial charge in [-0.05, 0) is 28.1 Å². The van der Waals surface area contributed by atoms with E-state index in [1.165, 1.54) is 4.90 Å². The number of benzene rings is 1. The number of halogens is 1. The van der Waals surface area contributed by atoms with Gasteiger partial charge in [0.2, 0.25) is 0 Å². The van der Waals surface area contributed by atoms with Gasteiger partial charge in [-0.25, -0.2) is 4.98 Å². The minimum atomic E-state index is 0.0240. The molecular formula is C11H10BrNOS2. The first-order valence-electron chi connectivity index (χ1n) is 4.71. The van der Waals surface area contributed by atoms with Crippen LogP contribution in [0.3, 0.4) is 0 Å². The Morgan fingerprint density at radius 1 is 1.38 bits per heavy atom. The molecular weight excluding hydrogens is 306 g/mol. The fourth-order valence-electron chi connectivity index (χ4n) is 1.19. The van der Waals surface area contributed by atoms with Crippen molar-refractivity contribution in [2.45, 2.75) is 17.3 Å². The Balaban J connectivity index is 1.99. The smallest absolute Gasteiger partial charge is 0.103 e. The van der Waals surface area contributed by atoms with Crippen LogP contribution in [0.1, 0.15) is 10.7 Å². The molecule has 1 heterocycles. The molecule has 0 saturated carbocycles. The minimum absolute atomic E-state index is 0.0240. The van der Waals surface area contributed by atoms with Gasteiger partial charge in [0, 0.05) is 14.7 Å². The van der Waals surface area contributed by atoms with E-state index in [1.807, 2.05) is 23.6 Å². The number of thiazole rings is 1. The van der Waals surface area contributed by atoms with Crippen LogP contribution in [0.4, 0.5) is 0 Å². The van der Waals surface area contributed by atoms with Gasteiger partial charge in [0.25, 0.3) is 0 Å². The van der Waals surface area contributed by atoms with Crippen molar-refractivity contribution < 1.29 is 5.11 Å². The van der Waals surface area contributed by atoms with E-state index < -0.39 is 0 Å². The zero-order valence-electron chi connectivity index (χ0n) is 8.39. The lowest BCUT2D eigenvalue weighted by atomic mass is 10.4. The number of aliphatic hydroxyl groups excluding tert-OH is 1. The summed E-state index contributed by atoms with van der Waals surface area (Å²) in [6.45, 7) is 0.0240. The molecule has 0 bridgehead atoms. The molecule has 0 aliphatic carbocycles. The van der Waals surface area contributed by atoms with Crippen molar-refractivity contribution in [3.8, 4) is 0 Å². The van der Waals surface area contributed by atoms with Crippen LogP contribution >= 0.6 is 39.0 Å². The van der Waals surface area contributed by atoms with Gasteiger partial charge in [-0.2, -0.15) is 0 Å². The second-order valence-electron chi connectivity index (χ2n) is 3.11. The van der Waals surface area contributed by atoms with Crippen LogP contribution in [0, 0.1) is 0 Å². The van der Waals surface area contributed by atoms with Crippen molar-refractivity contribution in [2.75, 3.05) is 0 Å². The molecule has 2 rings (SSSR count). The molecule has 0 atom stereocenters. The Kier molecular flexibility index (Phi) is 4.40. The minimum Gasteiger partial charge on any atom is -0.390 e. The Morgan fingerprint density at radius 3 is 2.88 bits per heavy atom. The lowest BCUT2D eigenvalue weighted by Crippen LogP contribution is -1.84. The standard InChI is InChI=1S/C11H10BrNOS2/c12-9-3-1-2-4-10(9)15-7-11-13-8(5-14)6-16-11/h1-4,6,14H,5,7H2. The highest BCUT2D eigenvalue weighted by atomic mass is 79.9. The third-order valence-electron chi connectivity index (χ3n) is 1.95. The van der Waals surface area contributed by atoms with Gasteiger partial charge in [-0.3, -0.25) is 0 Å². The number of hydrogen-bond donors (Lipinski definition) is 1. The molecule has 0 radical (unpaired) electrons. The Labute approximate surface area is 111 Å².